The summed E-state index contributed by atoms with van der Waals surface area (Å²) in [4.78, 5) is 15.6. The van der Waals surface area contributed by atoms with Gasteiger partial charge in [0.2, 0.25) is 0 Å². The molecule has 3 heterocycles. The molecular weight excluding hydrogens is 262 g/mol. The summed E-state index contributed by atoms with van der Waals surface area (Å²) in [6, 6.07) is 8.25. The lowest BCUT2D eigenvalue weighted by atomic mass is 9.94. The van der Waals surface area contributed by atoms with E-state index in [1.165, 1.54) is 12.8 Å². The quantitative estimate of drug-likeness (QED) is 0.938. The third-order valence-corrected chi connectivity index (χ3v) is 3.98. The Labute approximate surface area is 125 Å². The zero-order valence-corrected chi connectivity index (χ0v) is 12.6. The van der Waals surface area contributed by atoms with E-state index in [-0.39, 0.29) is 0 Å². The van der Waals surface area contributed by atoms with E-state index in [1.54, 1.807) is 6.33 Å². The van der Waals surface area contributed by atoms with E-state index in [0.717, 1.165) is 36.1 Å². The second kappa shape index (κ2) is 6.08. The number of aromatic nitrogens is 3. The smallest absolute Gasteiger partial charge is 0.132 e. The van der Waals surface area contributed by atoms with Gasteiger partial charge >= 0.3 is 0 Å². The van der Waals surface area contributed by atoms with Gasteiger partial charge in [-0.05, 0) is 31.9 Å². The summed E-state index contributed by atoms with van der Waals surface area (Å²) in [7, 11) is 1.91. The lowest BCUT2D eigenvalue weighted by Gasteiger charge is -2.33. The normalized spacial score (nSPS) is 18.6. The molecule has 0 unspecified atom stereocenters. The molecule has 1 atom stereocenters. The Kier molecular flexibility index (Phi) is 3.99. The number of pyridine rings is 1. The maximum atomic E-state index is 4.69. The molecule has 1 fully saturated rings. The summed E-state index contributed by atoms with van der Waals surface area (Å²) in [5.41, 5.74) is 2.18. The Balaban J connectivity index is 1.79. The first kappa shape index (κ1) is 13.8. The van der Waals surface area contributed by atoms with E-state index in [0.29, 0.717) is 5.92 Å². The van der Waals surface area contributed by atoms with E-state index in [2.05, 4.69) is 38.4 Å². The van der Waals surface area contributed by atoms with E-state index in [4.69, 9.17) is 4.98 Å². The van der Waals surface area contributed by atoms with Crippen molar-refractivity contribution in [1.82, 2.24) is 15.0 Å². The fourth-order valence-corrected chi connectivity index (χ4v) is 2.86. The number of hydrogen-bond acceptors (Lipinski definition) is 5. The van der Waals surface area contributed by atoms with Gasteiger partial charge in [0, 0.05) is 43.5 Å². The fraction of sp³-hybridized carbons (Fsp3) is 0.438. The predicted octanol–water partition coefficient (Wildman–Crippen LogP) is 2.61. The molecule has 3 rings (SSSR count). The number of rotatable bonds is 3. The average Bonchev–Trinajstić information content (AvgIpc) is 2.55. The molecule has 1 aliphatic rings. The summed E-state index contributed by atoms with van der Waals surface area (Å²) in [5.74, 6) is 2.42. The van der Waals surface area contributed by atoms with Crippen molar-refractivity contribution in [2.75, 3.05) is 30.4 Å². The van der Waals surface area contributed by atoms with Gasteiger partial charge in [-0.1, -0.05) is 6.07 Å². The third kappa shape index (κ3) is 3.12. The first-order valence-electron chi connectivity index (χ1n) is 7.44. The Morgan fingerprint density at radius 3 is 3.00 bits per heavy atom. The van der Waals surface area contributed by atoms with Crippen LogP contribution in [0.15, 0.2) is 30.6 Å². The number of nitrogens with zero attached hydrogens (tertiary/aromatic N) is 4. The number of piperidine rings is 1. The molecule has 5 heteroatoms. The van der Waals surface area contributed by atoms with Crippen LogP contribution in [0.1, 0.15) is 30.1 Å². The maximum Gasteiger partial charge on any atom is 0.132 e. The van der Waals surface area contributed by atoms with Crippen molar-refractivity contribution in [3.05, 3.63) is 42.0 Å². The number of nitrogens with one attached hydrogen (secondary N) is 1. The van der Waals surface area contributed by atoms with Crippen molar-refractivity contribution < 1.29 is 0 Å². The van der Waals surface area contributed by atoms with Gasteiger partial charge in [0.15, 0.2) is 0 Å². The molecule has 21 heavy (non-hydrogen) atoms. The molecule has 0 amide bonds. The van der Waals surface area contributed by atoms with Gasteiger partial charge in [-0.3, -0.25) is 0 Å². The van der Waals surface area contributed by atoms with Gasteiger partial charge in [0.25, 0.3) is 0 Å². The molecule has 0 radical (unpaired) electrons. The highest BCUT2D eigenvalue weighted by Crippen LogP contribution is 2.28. The third-order valence-electron chi connectivity index (χ3n) is 3.98. The van der Waals surface area contributed by atoms with Crippen LogP contribution in [0.5, 0.6) is 0 Å². The van der Waals surface area contributed by atoms with Crippen LogP contribution in [0.25, 0.3) is 0 Å². The average molecular weight is 283 g/mol. The molecular formula is C16H21N5. The van der Waals surface area contributed by atoms with E-state index in [9.17, 15) is 0 Å². The first-order valence-corrected chi connectivity index (χ1v) is 7.44. The highest BCUT2D eigenvalue weighted by Gasteiger charge is 2.23. The standard InChI is InChI=1S/C16H21N5/c1-12-9-16(19-11-18-12)21-8-4-5-13(10-21)14-6-3-7-15(17-2)20-14/h3,6-7,9,11,13H,4-5,8,10H2,1-2H3,(H,17,20)/t13-/m0/s1. The molecule has 2 aromatic rings. The van der Waals surface area contributed by atoms with Gasteiger partial charge in [-0.15, -0.1) is 0 Å². The van der Waals surface area contributed by atoms with E-state index in [1.807, 2.05) is 20.0 Å². The lowest BCUT2D eigenvalue weighted by molar-refractivity contribution is 0.498. The first-order chi connectivity index (χ1) is 10.3. The molecule has 0 spiro atoms. The van der Waals surface area contributed by atoms with Crippen molar-refractivity contribution >= 4 is 11.6 Å². The van der Waals surface area contributed by atoms with E-state index < -0.39 is 0 Å². The Hall–Kier alpha value is -2.17. The molecule has 1 N–H and O–H groups in total. The van der Waals surface area contributed by atoms with Crippen molar-refractivity contribution in [2.24, 2.45) is 0 Å². The Morgan fingerprint density at radius 2 is 2.19 bits per heavy atom. The van der Waals surface area contributed by atoms with Crippen molar-refractivity contribution in [1.29, 1.82) is 0 Å². The number of anilines is 2. The van der Waals surface area contributed by atoms with Crippen LogP contribution in [0, 0.1) is 6.92 Å². The van der Waals surface area contributed by atoms with Crippen LogP contribution in [-0.2, 0) is 0 Å². The van der Waals surface area contributed by atoms with Crippen molar-refractivity contribution in [3.63, 3.8) is 0 Å². The van der Waals surface area contributed by atoms with Crippen LogP contribution < -0.4 is 10.2 Å². The second-order valence-corrected chi connectivity index (χ2v) is 5.50. The van der Waals surface area contributed by atoms with Crippen LogP contribution in [0.2, 0.25) is 0 Å². The molecule has 5 nitrogen and oxygen atoms in total. The monoisotopic (exact) mass is 283 g/mol. The molecule has 0 saturated carbocycles. The van der Waals surface area contributed by atoms with Gasteiger partial charge < -0.3 is 10.2 Å². The second-order valence-electron chi connectivity index (χ2n) is 5.50. The lowest BCUT2D eigenvalue weighted by Crippen LogP contribution is -2.35. The summed E-state index contributed by atoms with van der Waals surface area (Å²) in [6.07, 6.45) is 3.99. The summed E-state index contributed by atoms with van der Waals surface area (Å²) >= 11 is 0. The van der Waals surface area contributed by atoms with Gasteiger partial charge in [0.05, 0.1) is 0 Å². The maximum absolute atomic E-state index is 4.69. The fourth-order valence-electron chi connectivity index (χ4n) is 2.86. The van der Waals surface area contributed by atoms with Crippen molar-refractivity contribution in [2.45, 2.75) is 25.7 Å². The zero-order chi connectivity index (χ0) is 14.7. The molecule has 1 aliphatic heterocycles. The molecule has 110 valence electrons. The van der Waals surface area contributed by atoms with Gasteiger partial charge in [-0.25, -0.2) is 15.0 Å². The number of hydrogen-bond donors (Lipinski definition) is 1. The van der Waals surface area contributed by atoms with Crippen LogP contribution >= 0.6 is 0 Å². The Bertz CT molecular complexity index is 613. The zero-order valence-electron chi connectivity index (χ0n) is 12.6. The molecule has 1 saturated heterocycles. The SMILES string of the molecule is CNc1cccc([C@H]2CCCN(c3cc(C)ncn3)C2)n1. The summed E-state index contributed by atoms with van der Waals surface area (Å²) in [6.45, 7) is 4.03. The number of aryl methyl sites for hydroxylation is 1. The topological polar surface area (TPSA) is 53.9 Å². The molecule has 2 aromatic heterocycles. The minimum absolute atomic E-state index is 0.460. The molecule has 0 aliphatic carbocycles. The predicted molar refractivity (Wildman–Crippen MR) is 84.7 cm³/mol. The molecule has 0 bridgehead atoms. The van der Waals surface area contributed by atoms with Crippen LogP contribution in [0.4, 0.5) is 11.6 Å². The van der Waals surface area contributed by atoms with E-state index >= 15 is 0 Å². The molecule has 0 aromatic carbocycles. The van der Waals surface area contributed by atoms with Crippen molar-refractivity contribution in [3.8, 4) is 0 Å². The van der Waals surface area contributed by atoms with Gasteiger partial charge in [-0.2, -0.15) is 0 Å². The van der Waals surface area contributed by atoms with Crippen LogP contribution in [0.3, 0.4) is 0 Å². The largest absolute Gasteiger partial charge is 0.373 e. The summed E-state index contributed by atoms with van der Waals surface area (Å²) in [5, 5.41) is 3.11. The van der Waals surface area contributed by atoms with Gasteiger partial charge in [0.1, 0.15) is 18.0 Å². The summed E-state index contributed by atoms with van der Waals surface area (Å²) < 4.78 is 0. The Morgan fingerprint density at radius 1 is 1.29 bits per heavy atom. The highest BCUT2D eigenvalue weighted by atomic mass is 15.2. The van der Waals surface area contributed by atoms with Crippen LogP contribution in [-0.4, -0.2) is 35.1 Å². The minimum atomic E-state index is 0.460. The highest BCUT2D eigenvalue weighted by molar-refractivity contribution is 5.41. The minimum Gasteiger partial charge on any atom is -0.373 e.